The number of benzene rings is 1. The molecule has 0 heterocycles. The molecular weight excluding hydrogens is 167 g/mol. The van der Waals surface area contributed by atoms with Gasteiger partial charge in [-0.05, 0) is 38.1 Å². The lowest BCUT2D eigenvalue weighted by molar-refractivity contribution is 0.608. The van der Waals surface area contributed by atoms with Crippen LogP contribution in [0.25, 0.3) is 0 Å². The summed E-state index contributed by atoms with van der Waals surface area (Å²) in [5.74, 6) is -0.205. The van der Waals surface area contributed by atoms with Gasteiger partial charge in [-0.15, -0.1) is 0 Å². The van der Waals surface area contributed by atoms with Crippen LogP contribution in [0, 0.1) is 5.82 Å². The van der Waals surface area contributed by atoms with Crippen LogP contribution in [0.3, 0.4) is 0 Å². The summed E-state index contributed by atoms with van der Waals surface area (Å²) in [7, 11) is 1.85. The van der Waals surface area contributed by atoms with Crippen LogP contribution in [0.2, 0.25) is 0 Å². The van der Waals surface area contributed by atoms with Gasteiger partial charge in [0.05, 0.1) is 5.69 Å². The minimum absolute atomic E-state index is 0.205. The minimum atomic E-state index is -0.205. The van der Waals surface area contributed by atoms with E-state index in [0.29, 0.717) is 6.04 Å². The normalized spacial score (nSPS) is 10.5. The van der Waals surface area contributed by atoms with Crippen LogP contribution in [0.5, 0.6) is 0 Å². The van der Waals surface area contributed by atoms with Gasteiger partial charge >= 0.3 is 0 Å². The van der Waals surface area contributed by atoms with Gasteiger partial charge < -0.3 is 5.01 Å². The topological polar surface area (TPSA) is 15.3 Å². The fourth-order valence-electron chi connectivity index (χ4n) is 1.29. The number of hydrogen-bond acceptors (Lipinski definition) is 2. The van der Waals surface area contributed by atoms with E-state index in [4.69, 9.17) is 0 Å². The number of nitrogens with one attached hydrogen (secondary N) is 1. The zero-order valence-corrected chi connectivity index (χ0v) is 8.21. The first-order valence-corrected chi connectivity index (χ1v) is 4.37. The predicted octanol–water partition coefficient (Wildman–Crippen LogP) is 2.17. The summed E-state index contributed by atoms with van der Waals surface area (Å²) in [5.41, 5.74) is 4.02. The number of anilines is 1. The van der Waals surface area contributed by atoms with Gasteiger partial charge in [-0.3, -0.25) is 0 Å². The van der Waals surface area contributed by atoms with Crippen LogP contribution in [-0.2, 0) is 0 Å². The Morgan fingerprint density at radius 1 is 1.23 bits per heavy atom. The third kappa shape index (κ3) is 2.42. The number of nitrogens with zero attached hydrogens (tertiary/aromatic N) is 1. The fraction of sp³-hybridized carbons (Fsp3) is 0.400. The standard InChI is InChI=1S/C10H15FN2/c1-8(2)13(12-3)10-6-4-9(11)5-7-10/h4-8,12H,1-3H3. The molecule has 13 heavy (non-hydrogen) atoms. The number of halogens is 1. The Hall–Kier alpha value is -1.09. The average molecular weight is 182 g/mol. The lowest BCUT2D eigenvalue weighted by Crippen LogP contribution is -2.40. The maximum Gasteiger partial charge on any atom is 0.123 e. The Bertz CT molecular complexity index is 256. The molecule has 1 aromatic carbocycles. The molecule has 3 heteroatoms. The van der Waals surface area contributed by atoms with Crippen molar-refractivity contribution in [2.24, 2.45) is 0 Å². The molecule has 0 aliphatic heterocycles. The van der Waals surface area contributed by atoms with E-state index in [9.17, 15) is 4.39 Å². The molecule has 1 N–H and O–H groups in total. The van der Waals surface area contributed by atoms with Crippen molar-refractivity contribution in [3.63, 3.8) is 0 Å². The highest BCUT2D eigenvalue weighted by atomic mass is 19.1. The van der Waals surface area contributed by atoms with Crippen molar-refractivity contribution in [2.45, 2.75) is 19.9 Å². The molecule has 1 aromatic rings. The molecule has 0 spiro atoms. The van der Waals surface area contributed by atoms with Gasteiger partial charge in [0, 0.05) is 13.1 Å². The SMILES string of the molecule is CNN(c1ccc(F)cc1)C(C)C. The molecule has 72 valence electrons. The second-order valence-electron chi connectivity index (χ2n) is 3.16. The molecule has 0 aliphatic rings. The van der Waals surface area contributed by atoms with Gasteiger partial charge in [-0.25, -0.2) is 9.82 Å². The van der Waals surface area contributed by atoms with E-state index in [1.54, 1.807) is 12.1 Å². The second-order valence-corrected chi connectivity index (χ2v) is 3.16. The Labute approximate surface area is 78.3 Å². The zero-order chi connectivity index (χ0) is 9.84. The Balaban J connectivity index is 2.86. The van der Waals surface area contributed by atoms with Gasteiger partial charge in [0.2, 0.25) is 0 Å². The van der Waals surface area contributed by atoms with E-state index < -0.39 is 0 Å². The molecular formula is C10H15FN2. The summed E-state index contributed by atoms with van der Waals surface area (Å²) < 4.78 is 12.6. The smallest absolute Gasteiger partial charge is 0.123 e. The molecule has 0 amide bonds. The van der Waals surface area contributed by atoms with E-state index in [-0.39, 0.29) is 5.82 Å². The molecule has 0 saturated carbocycles. The van der Waals surface area contributed by atoms with Crippen LogP contribution in [0.1, 0.15) is 13.8 Å². The maximum atomic E-state index is 12.6. The van der Waals surface area contributed by atoms with Gasteiger partial charge in [-0.2, -0.15) is 0 Å². The molecule has 0 aliphatic carbocycles. The number of hydrazine groups is 1. The van der Waals surface area contributed by atoms with Gasteiger partial charge in [-0.1, -0.05) is 0 Å². The van der Waals surface area contributed by atoms with Gasteiger partial charge in [0.15, 0.2) is 0 Å². The summed E-state index contributed by atoms with van der Waals surface area (Å²) in [4.78, 5) is 0. The lowest BCUT2D eigenvalue weighted by atomic mass is 10.2. The number of hydrogen-bond donors (Lipinski definition) is 1. The largest absolute Gasteiger partial charge is 0.306 e. The predicted molar refractivity (Wildman–Crippen MR) is 53.1 cm³/mol. The summed E-state index contributed by atoms with van der Waals surface area (Å²) >= 11 is 0. The maximum absolute atomic E-state index is 12.6. The fourth-order valence-corrected chi connectivity index (χ4v) is 1.29. The Morgan fingerprint density at radius 3 is 2.15 bits per heavy atom. The van der Waals surface area contributed by atoms with E-state index in [1.165, 1.54) is 12.1 Å². The molecule has 0 unspecified atom stereocenters. The quantitative estimate of drug-likeness (QED) is 0.721. The third-order valence-corrected chi connectivity index (χ3v) is 1.86. The van der Waals surface area contributed by atoms with Crippen molar-refractivity contribution in [2.75, 3.05) is 12.1 Å². The van der Waals surface area contributed by atoms with Crippen LogP contribution in [0.15, 0.2) is 24.3 Å². The van der Waals surface area contributed by atoms with Crippen molar-refractivity contribution in [3.05, 3.63) is 30.1 Å². The van der Waals surface area contributed by atoms with Gasteiger partial charge in [0.25, 0.3) is 0 Å². The summed E-state index contributed by atoms with van der Waals surface area (Å²) in [6.07, 6.45) is 0. The molecule has 0 bridgehead atoms. The minimum Gasteiger partial charge on any atom is -0.306 e. The van der Waals surface area contributed by atoms with Crippen molar-refractivity contribution >= 4 is 5.69 Å². The van der Waals surface area contributed by atoms with Crippen LogP contribution < -0.4 is 10.4 Å². The summed E-state index contributed by atoms with van der Waals surface area (Å²) in [6, 6.07) is 6.78. The molecule has 2 nitrogen and oxygen atoms in total. The molecule has 0 aromatic heterocycles. The lowest BCUT2D eigenvalue weighted by Gasteiger charge is -2.27. The molecule has 0 fully saturated rings. The van der Waals surface area contributed by atoms with Gasteiger partial charge in [0.1, 0.15) is 5.82 Å². The van der Waals surface area contributed by atoms with Crippen molar-refractivity contribution in [1.29, 1.82) is 0 Å². The van der Waals surface area contributed by atoms with Crippen LogP contribution >= 0.6 is 0 Å². The molecule has 0 radical (unpaired) electrons. The highest BCUT2D eigenvalue weighted by Crippen LogP contribution is 2.14. The van der Waals surface area contributed by atoms with Crippen LogP contribution in [-0.4, -0.2) is 13.1 Å². The van der Waals surface area contributed by atoms with E-state index in [2.05, 4.69) is 19.3 Å². The first kappa shape index (κ1) is 9.99. The summed E-state index contributed by atoms with van der Waals surface area (Å²) in [5, 5.41) is 1.97. The Kier molecular flexibility index (Phi) is 3.25. The molecule has 1 rings (SSSR count). The van der Waals surface area contributed by atoms with Crippen molar-refractivity contribution in [1.82, 2.24) is 5.43 Å². The number of rotatable bonds is 3. The van der Waals surface area contributed by atoms with E-state index in [0.717, 1.165) is 5.69 Å². The third-order valence-electron chi connectivity index (χ3n) is 1.86. The first-order chi connectivity index (χ1) is 6.15. The second kappa shape index (κ2) is 4.23. The first-order valence-electron chi connectivity index (χ1n) is 4.37. The molecule has 0 atom stereocenters. The highest BCUT2D eigenvalue weighted by Gasteiger charge is 2.07. The zero-order valence-electron chi connectivity index (χ0n) is 8.21. The van der Waals surface area contributed by atoms with Crippen LogP contribution in [0.4, 0.5) is 10.1 Å². The van der Waals surface area contributed by atoms with Crippen molar-refractivity contribution < 1.29 is 4.39 Å². The molecule has 0 saturated heterocycles. The van der Waals surface area contributed by atoms with Crippen molar-refractivity contribution in [3.8, 4) is 0 Å². The summed E-state index contributed by atoms with van der Waals surface area (Å²) in [6.45, 7) is 4.14. The van der Waals surface area contributed by atoms with E-state index >= 15 is 0 Å². The highest BCUT2D eigenvalue weighted by molar-refractivity contribution is 5.45. The average Bonchev–Trinajstić information content (AvgIpc) is 2.09. The monoisotopic (exact) mass is 182 g/mol. The Morgan fingerprint density at radius 2 is 1.77 bits per heavy atom. The van der Waals surface area contributed by atoms with E-state index in [1.807, 2.05) is 12.1 Å².